The summed E-state index contributed by atoms with van der Waals surface area (Å²) in [5.74, 6) is 1.76. The predicted molar refractivity (Wildman–Crippen MR) is 251 cm³/mol. The van der Waals surface area contributed by atoms with Gasteiger partial charge in [-0.2, -0.15) is 10.2 Å². The first kappa shape index (κ1) is 41.1. The summed E-state index contributed by atoms with van der Waals surface area (Å²) < 4.78 is 3.32. The molecule has 0 unspecified atom stereocenters. The number of rotatable bonds is 8. The van der Waals surface area contributed by atoms with Gasteiger partial charge in [-0.25, -0.2) is 14.6 Å². The average Bonchev–Trinajstić information content (AvgIpc) is 4.10. The molecule has 0 aliphatic rings. The minimum Gasteiger partial charge on any atom is -0.338 e. The van der Waals surface area contributed by atoms with Crippen molar-refractivity contribution in [1.29, 1.82) is 0 Å². The fourth-order valence-corrected chi connectivity index (χ4v) is 8.02. The molecule has 16 heteroatoms. The lowest BCUT2D eigenvalue weighted by atomic mass is 10.1. The second-order valence-corrected chi connectivity index (χ2v) is 15.7. The molecule has 310 valence electrons. The Kier molecular flexibility index (Phi) is 11.5. The van der Waals surface area contributed by atoms with E-state index >= 15 is 0 Å². The summed E-state index contributed by atoms with van der Waals surface area (Å²) >= 11 is 25.2. The molecule has 0 radical (unpaired) electrons. The lowest BCUT2D eigenvalue weighted by molar-refractivity contribution is 0.101. The van der Waals surface area contributed by atoms with Crippen molar-refractivity contribution in [2.45, 2.75) is 0 Å². The predicted octanol–water partition coefficient (Wildman–Crippen LogP) is 12.2. The molecule has 0 aliphatic carbocycles. The van der Waals surface area contributed by atoms with E-state index in [1.54, 1.807) is 101 Å². The summed E-state index contributed by atoms with van der Waals surface area (Å²) in [6.07, 6.45) is 1.64. The number of aryl methyl sites for hydroxylation is 1. The van der Waals surface area contributed by atoms with Gasteiger partial charge in [-0.1, -0.05) is 107 Å². The van der Waals surface area contributed by atoms with Gasteiger partial charge < -0.3 is 20.6 Å². The number of aromatic amines is 2. The molecule has 0 atom stereocenters. The Morgan fingerprint density at radius 2 is 1.05 bits per heavy atom. The van der Waals surface area contributed by atoms with E-state index in [9.17, 15) is 9.59 Å². The first-order chi connectivity index (χ1) is 30.6. The molecule has 10 rings (SSSR count). The molecule has 4 aromatic heterocycles. The SMILES string of the molecule is Cn1nc(-c2ccccc2)cc1NC(=O)c1ccc2nc(-c3c(Cl)cccc3Cl)[nH]c2c1.O=C(Nc1ccnn1-c1ccccc1)c1ccc2nc(-c3c(Cl)cccc3Cl)[nH]c2c1. The molecular formula is C47H32Cl4N10O2. The highest BCUT2D eigenvalue weighted by Gasteiger charge is 2.18. The fraction of sp³-hybridized carbons (Fsp3) is 0.0213. The van der Waals surface area contributed by atoms with E-state index in [-0.39, 0.29) is 11.8 Å². The van der Waals surface area contributed by atoms with Crippen molar-refractivity contribution in [1.82, 2.24) is 39.5 Å². The molecule has 0 saturated heterocycles. The second-order valence-electron chi connectivity index (χ2n) is 14.1. The van der Waals surface area contributed by atoms with Gasteiger partial charge >= 0.3 is 0 Å². The number of carbonyl (C=O) groups excluding carboxylic acids is 2. The van der Waals surface area contributed by atoms with Crippen LogP contribution in [0.3, 0.4) is 0 Å². The lowest BCUT2D eigenvalue weighted by Gasteiger charge is -2.09. The smallest absolute Gasteiger partial charge is 0.256 e. The zero-order chi connectivity index (χ0) is 43.6. The van der Waals surface area contributed by atoms with Crippen LogP contribution >= 0.6 is 46.4 Å². The van der Waals surface area contributed by atoms with Crippen molar-refractivity contribution < 1.29 is 9.59 Å². The zero-order valence-corrected chi connectivity index (χ0v) is 36.0. The van der Waals surface area contributed by atoms with Gasteiger partial charge in [0.2, 0.25) is 0 Å². The Morgan fingerprint density at radius 3 is 1.57 bits per heavy atom. The van der Waals surface area contributed by atoms with Crippen LogP contribution in [0.5, 0.6) is 0 Å². The van der Waals surface area contributed by atoms with E-state index in [2.05, 4.69) is 40.8 Å². The van der Waals surface area contributed by atoms with Gasteiger partial charge in [-0.3, -0.25) is 14.3 Å². The monoisotopic (exact) mass is 908 g/mol. The number of hydrogen-bond donors (Lipinski definition) is 4. The average molecular weight is 911 g/mol. The summed E-state index contributed by atoms with van der Waals surface area (Å²) in [6, 6.07) is 44.1. The maximum atomic E-state index is 12.9. The highest BCUT2D eigenvalue weighted by atomic mass is 35.5. The number of fused-ring (bicyclic) bond motifs is 2. The van der Waals surface area contributed by atoms with E-state index in [0.29, 0.717) is 87.7 Å². The van der Waals surface area contributed by atoms with E-state index in [4.69, 9.17) is 46.4 Å². The lowest BCUT2D eigenvalue weighted by Crippen LogP contribution is -2.15. The van der Waals surface area contributed by atoms with Crippen molar-refractivity contribution in [3.8, 4) is 39.7 Å². The number of amides is 2. The van der Waals surface area contributed by atoms with Crippen LogP contribution < -0.4 is 10.6 Å². The number of imidazole rings is 2. The first-order valence-electron chi connectivity index (χ1n) is 19.3. The normalized spacial score (nSPS) is 11.1. The number of hydrogen-bond acceptors (Lipinski definition) is 6. The van der Waals surface area contributed by atoms with Gasteiger partial charge in [-0.05, 0) is 72.8 Å². The van der Waals surface area contributed by atoms with Gasteiger partial charge in [0, 0.05) is 35.9 Å². The van der Waals surface area contributed by atoms with Crippen LogP contribution in [-0.2, 0) is 7.05 Å². The molecule has 0 bridgehead atoms. The van der Waals surface area contributed by atoms with Crippen LogP contribution in [0.2, 0.25) is 20.1 Å². The Morgan fingerprint density at radius 1 is 0.556 bits per heavy atom. The van der Waals surface area contributed by atoms with E-state index in [1.165, 1.54) is 0 Å². The van der Waals surface area contributed by atoms with Crippen molar-refractivity contribution in [3.63, 3.8) is 0 Å². The molecule has 0 fully saturated rings. The van der Waals surface area contributed by atoms with Crippen LogP contribution in [0, 0.1) is 0 Å². The van der Waals surface area contributed by atoms with Crippen molar-refractivity contribution >= 4 is 91.9 Å². The van der Waals surface area contributed by atoms with Crippen LogP contribution in [0.4, 0.5) is 11.6 Å². The van der Waals surface area contributed by atoms with Gasteiger partial charge in [-0.15, -0.1) is 0 Å². The van der Waals surface area contributed by atoms with Gasteiger partial charge in [0.1, 0.15) is 23.3 Å². The summed E-state index contributed by atoms with van der Waals surface area (Å²) in [6.45, 7) is 0. The van der Waals surface area contributed by atoms with E-state index < -0.39 is 0 Å². The molecule has 0 aliphatic heterocycles. The highest BCUT2D eigenvalue weighted by molar-refractivity contribution is 6.39. The maximum absolute atomic E-state index is 12.9. The van der Waals surface area contributed by atoms with Crippen LogP contribution in [0.25, 0.3) is 61.8 Å². The van der Waals surface area contributed by atoms with Crippen molar-refractivity contribution in [2.24, 2.45) is 7.05 Å². The number of nitrogens with one attached hydrogen (secondary N) is 4. The van der Waals surface area contributed by atoms with Gasteiger partial charge in [0.25, 0.3) is 11.8 Å². The minimum absolute atomic E-state index is 0.249. The van der Waals surface area contributed by atoms with Gasteiger partial charge in [0.05, 0.1) is 70.9 Å². The van der Waals surface area contributed by atoms with Crippen LogP contribution in [-0.4, -0.2) is 51.3 Å². The number of benzene rings is 6. The fourth-order valence-electron chi connectivity index (χ4n) is 6.87. The molecule has 0 saturated carbocycles. The Labute approximate surface area is 379 Å². The standard InChI is InChI=1S/C24H17Cl2N5O.C23H15Cl2N5O/c1-31-21(13-19(30-31)14-6-3-2-4-7-14)29-24(32)15-10-11-18-20(12-15)28-23(27-18)22-16(25)8-5-9-17(22)26;24-16-7-4-8-17(25)21(16)22-27-18-10-9-14(13-19(18)28-22)23(31)29-20-11-12-26-30(20)15-5-2-1-3-6-15/h2-13H,1H3,(H,27,28)(H,29,32);1-13H,(H,27,28)(H,29,31). The molecule has 4 N–H and O–H groups in total. The second kappa shape index (κ2) is 17.6. The largest absolute Gasteiger partial charge is 0.338 e. The molecule has 2 amide bonds. The number of carbonyl (C=O) groups is 2. The molecule has 0 spiro atoms. The molecule has 12 nitrogen and oxygen atoms in total. The Balaban J connectivity index is 0.000000160. The molecular weight excluding hydrogens is 878 g/mol. The maximum Gasteiger partial charge on any atom is 0.256 e. The number of halogens is 4. The molecule has 63 heavy (non-hydrogen) atoms. The molecule has 4 heterocycles. The quantitative estimate of drug-likeness (QED) is 0.119. The summed E-state index contributed by atoms with van der Waals surface area (Å²) in [5.41, 5.74) is 7.66. The van der Waals surface area contributed by atoms with Crippen LogP contribution in [0.1, 0.15) is 20.7 Å². The Bertz CT molecular complexity index is 3260. The topological polar surface area (TPSA) is 151 Å². The number of nitrogens with zero attached hydrogens (tertiary/aromatic N) is 6. The van der Waals surface area contributed by atoms with Crippen molar-refractivity contribution in [3.05, 3.63) is 183 Å². The van der Waals surface area contributed by atoms with E-state index in [1.807, 2.05) is 66.7 Å². The Hall–Kier alpha value is -7.22. The minimum atomic E-state index is -0.258. The number of para-hydroxylation sites is 1. The molecule has 6 aromatic carbocycles. The highest BCUT2D eigenvalue weighted by Crippen LogP contribution is 2.35. The van der Waals surface area contributed by atoms with E-state index in [0.717, 1.165) is 16.9 Å². The van der Waals surface area contributed by atoms with Crippen molar-refractivity contribution in [2.75, 3.05) is 10.6 Å². The molecule has 10 aromatic rings. The third-order valence-electron chi connectivity index (χ3n) is 9.96. The first-order valence-corrected chi connectivity index (χ1v) is 20.8. The number of H-pyrrole nitrogens is 2. The summed E-state index contributed by atoms with van der Waals surface area (Å²) in [7, 11) is 1.79. The van der Waals surface area contributed by atoms with Crippen LogP contribution in [0.15, 0.2) is 152 Å². The zero-order valence-electron chi connectivity index (χ0n) is 32.9. The van der Waals surface area contributed by atoms with Gasteiger partial charge in [0.15, 0.2) is 0 Å². The third kappa shape index (κ3) is 8.66. The third-order valence-corrected chi connectivity index (χ3v) is 11.2. The summed E-state index contributed by atoms with van der Waals surface area (Å²) in [5, 5.41) is 16.6. The number of aromatic nitrogens is 8. The number of anilines is 2. The summed E-state index contributed by atoms with van der Waals surface area (Å²) in [4.78, 5) is 41.4.